The minimum Gasteiger partial charge on any atom is -0.292 e. The van der Waals surface area contributed by atoms with Crippen molar-refractivity contribution in [2.45, 2.75) is 29.8 Å². The van der Waals surface area contributed by atoms with E-state index in [1.54, 1.807) is 11.8 Å². The average Bonchev–Trinajstić information content (AvgIpc) is 3.35. The van der Waals surface area contributed by atoms with Crippen LogP contribution in [0.5, 0.6) is 0 Å². The van der Waals surface area contributed by atoms with E-state index < -0.39 is 0 Å². The van der Waals surface area contributed by atoms with Crippen molar-refractivity contribution in [2.24, 2.45) is 11.8 Å². The number of benzene rings is 2. The van der Waals surface area contributed by atoms with Crippen LogP contribution in [0.25, 0.3) is 0 Å². The molecule has 0 bridgehead atoms. The van der Waals surface area contributed by atoms with E-state index in [-0.39, 0.29) is 35.7 Å². The van der Waals surface area contributed by atoms with Crippen LogP contribution in [0.4, 0.5) is 5.69 Å². The summed E-state index contributed by atoms with van der Waals surface area (Å²) < 4.78 is 0. The van der Waals surface area contributed by atoms with E-state index >= 15 is 0 Å². The summed E-state index contributed by atoms with van der Waals surface area (Å²) in [5.74, 6) is -0.547. The molecule has 3 aliphatic rings. The molecule has 4 nitrogen and oxygen atoms in total. The van der Waals surface area contributed by atoms with Crippen LogP contribution in [0.3, 0.4) is 0 Å². The van der Waals surface area contributed by atoms with Crippen LogP contribution in [0.15, 0.2) is 59.5 Å². The molecule has 5 heteroatoms. The number of carbonyl (C=O) groups is 2. The molecule has 2 aromatic rings. The minimum atomic E-state index is -0.275. The Morgan fingerprint density at radius 2 is 1.63 bits per heavy atom. The Labute approximate surface area is 163 Å². The summed E-state index contributed by atoms with van der Waals surface area (Å²) in [6.07, 6.45) is 4.16. The zero-order chi connectivity index (χ0) is 18.5. The number of nitrogens with zero attached hydrogens (tertiary/aromatic N) is 2. The van der Waals surface area contributed by atoms with Crippen molar-refractivity contribution >= 4 is 29.3 Å². The number of para-hydroxylation sites is 1. The highest BCUT2D eigenvalue weighted by atomic mass is 32.2. The summed E-state index contributed by atoms with van der Waals surface area (Å²) >= 11 is 1.71. The topological polar surface area (TPSA) is 40.6 Å². The summed E-state index contributed by atoms with van der Waals surface area (Å²) in [6.45, 7) is 0.971. The first-order chi connectivity index (χ1) is 13.2. The molecule has 0 aliphatic carbocycles. The maximum atomic E-state index is 13.4. The van der Waals surface area contributed by atoms with Crippen LogP contribution in [0.1, 0.15) is 24.4 Å². The highest BCUT2D eigenvalue weighted by Gasteiger charge is 2.63. The van der Waals surface area contributed by atoms with Crippen LogP contribution in [-0.2, 0) is 9.59 Å². The van der Waals surface area contributed by atoms with Gasteiger partial charge in [-0.25, -0.2) is 4.90 Å². The van der Waals surface area contributed by atoms with E-state index in [4.69, 9.17) is 0 Å². The third-order valence-electron chi connectivity index (χ3n) is 6.32. The second-order valence-electron chi connectivity index (χ2n) is 7.56. The molecule has 0 spiro atoms. The fourth-order valence-electron chi connectivity index (χ4n) is 5.23. The van der Waals surface area contributed by atoms with Crippen molar-refractivity contribution < 1.29 is 9.59 Å². The molecule has 0 aromatic heterocycles. The van der Waals surface area contributed by atoms with Crippen molar-refractivity contribution in [1.82, 2.24) is 4.90 Å². The molecule has 3 fully saturated rings. The summed E-state index contributed by atoms with van der Waals surface area (Å²) in [4.78, 5) is 31.8. The van der Waals surface area contributed by atoms with E-state index in [1.165, 1.54) is 9.80 Å². The van der Waals surface area contributed by atoms with Crippen LogP contribution in [0.2, 0.25) is 0 Å². The van der Waals surface area contributed by atoms with Gasteiger partial charge in [-0.1, -0.05) is 30.3 Å². The zero-order valence-electron chi connectivity index (χ0n) is 15.2. The van der Waals surface area contributed by atoms with E-state index in [9.17, 15) is 9.59 Å². The predicted octanol–water partition coefficient (Wildman–Crippen LogP) is 3.73. The zero-order valence-corrected chi connectivity index (χ0v) is 16.1. The lowest BCUT2D eigenvalue weighted by molar-refractivity contribution is -0.123. The molecule has 3 aliphatic heterocycles. The summed E-state index contributed by atoms with van der Waals surface area (Å²) in [5, 5.41) is 0. The first kappa shape index (κ1) is 17.0. The summed E-state index contributed by atoms with van der Waals surface area (Å²) in [7, 11) is 0. The Hall–Kier alpha value is -2.11. The molecule has 3 saturated heterocycles. The van der Waals surface area contributed by atoms with Gasteiger partial charge in [-0.2, -0.15) is 0 Å². The molecule has 3 heterocycles. The molecule has 4 atom stereocenters. The van der Waals surface area contributed by atoms with Crippen molar-refractivity contribution in [2.75, 3.05) is 17.7 Å². The number of anilines is 1. The molecule has 138 valence electrons. The molecular formula is C22H22N2O2S. The second kappa shape index (κ2) is 6.50. The lowest BCUT2D eigenvalue weighted by Crippen LogP contribution is -2.39. The molecular weight excluding hydrogens is 356 g/mol. The Balaban J connectivity index is 1.57. The molecule has 27 heavy (non-hydrogen) atoms. The lowest BCUT2D eigenvalue weighted by atomic mass is 9.85. The van der Waals surface area contributed by atoms with Crippen LogP contribution >= 0.6 is 11.8 Å². The number of rotatable bonds is 3. The number of carbonyl (C=O) groups excluding carboxylic acids is 2. The van der Waals surface area contributed by atoms with E-state index in [1.807, 2.05) is 30.3 Å². The van der Waals surface area contributed by atoms with Crippen LogP contribution in [0, 0.1) is 11.8 Å². The van der Waals surface area contributed by atoms with Crippen molar-refractivity contribution in [3.8, 4) is 0 Å². The fraction of sp³-hybridized carbons (Fsp3) is 0.364. The standard InChI is InChI=1S/C22H22N2O2S/c1-27-16-11-9-14(10-12-16)20-19-18(17-8-5-13-23(17)20)21(25)24(22(19)26)15-6-3-2-4-7-15/h2-4,6-7,9-12,17-20H,5,8,13H2,1H3/t17-,18+,19+,20+/m0/s1. The third-order valence-corrected chi connectivity index (χ3v) is 7.07. The smallest absolute Gasteiger partial charge is 0.239 e. The Bertz CT molecular complexity index is 883. The van der Waals surface area contributed by atoms with Gasteiger partial charge in [-0.3, -0.25) is 14.5 Å². The maximum Gasteiger partial charge on any atom is 0.239 e. The van der Waals surface area contributed by atoms with Gasteiger partial charge >= 0.3 is 0 Å². The quantitative estimate of drug-likeness (QED) is 0.603. The average molecular weight is 378 g/mol. The number of hydrogen-bond acceptors (Lipinski definition) is 4. The predicted molar refractivity (Wildman–Crippen MR) is 107 cm³/mol. The van der Waals surface area contributed by atoms with Gasteiger partial charge in [0, 0.05) is 17.0 Å². The normalized spacial score (nSPS) is 30.0. The molecule has 2 amide bonds. The van der Waals surface area contributed by atoms with Gasteiger partial charge in [0.05, 0.1) is 17.5 Å². The molecule has 0 radical (unpaired) electrons. The van der Waals surface area contributed by atoms with Gasteiger partial charge in [-0.15, -0.1) is 11.8 Å². The van der Waals surface area contributed by atoms with Gasteiger partial charge < -0.3 is 0 Å². The molecule has 0 unspecified atom stereocenters. The highest BCUT2D eigenvalue weighted by molar-refractivity contribution is 7.98. The first-order valence-electron chi connectivity index (χ1n) is 9.53. The van der Waals surface area contributed by atoms with Gasteiger partial charge in [0.15, 0.2) is 0 Å². The fourth-order valence-corrected chi connectivity index (χ4v) is 5.64. The molecule has 0 saturated carbocycles. The SMILES string of the molecule is CSc1ccc([C@@H]2[C@@H]3C(=O)N(c4ccccc4)C(=O)[C@@H]3[C@@H]3CCCN23)cc1. The largest absolute Gasteiger partial charge is 0.292 e. The number of fused-ring (bicyclic) bond motifs is 3. The van der Waals surface area contributed by atoms with Crippen molar-refractivity contribution in [1.29, 1.82) is 0 Å². The molecule has 5 rings (SSSR count). The van der Waals surface area contributed by atoms with Crippen LogP contribution in [-0.4, -0.2) is 35.6 Å². The first-order valence-corrected chi connectivity index (χ1v) is 10.8. The van der Waals surface area contributed by atoms with E-state index in [0.29, 0.717) is 5.69 Å². The Kier molecular flexibility index (Phi) is 4.10. The minimum absolute atomic E-state index is 0.00330. The van der Waals surface area contributed by atoms with Gasteiger partial charge in [-0.05, 0) is 55.5 Å². The number of thioether (sulfide) groups is 1. The molecule has 2 aromatic carbocycles. The lowest BCUT2D eigenvalue weighted by Gasteiger charge is -2.29. The third kappa shape index (κ3) is 2.48. The maximum absolute atomic E-state index is 13.4. The Morgan fingerprint density at radius 1 is 0.926 bits per heavy atom. The monoisotopic (exact) mass is 378 g/mol. The van der Waals surface area contributed by atoms with E-state index in [0.717, 1.165) is 24.9 Å². The number of amides is 2. The van der Waals surface area contributed by atoms with Gasteiger partial charge in [0.1, 0.15) is 0 Å². The van der Waals surface area contributed by atoms with Crippen LogP contribution < -0.4 is 4.90 Å². The summed E-state index contributed by atoms with van der Waals surface area (Å²) in [6, 6.07) is 18.1. The van der Waals surface area contributed by atoms with Gasteiger partial charge in [0.25, 0.3) is 0 Å². The molecule has 0 N–H and O–H groups in total. The van der Waals surface area contributed by atoms with Crippen molar-refractivity contribution in [3.05, 3.63) is 60.2 Å². The summed E-state index contributed by atoms with van der Waals surface area (Å²) in [5.41, 5.74) is 1.85. The Morgan fingerprint density at radius 3 is 2.33 bits per heavy atom. The van der Waals surface area contributed by atoms with Gasteiger partial charge in [0.2, 0.25) is 11.8 Å². The number of imide groups is 1. The van der Waals surface area contributed by atoms with E-state index in [2.05, 4.69) is 35.4 Å². The second-order valence-corrected chi connectivity index (χ2v) is 8.44. The number of hydrogen-bond donors (Lipinski definition) is 0. The highest BCUT2D eigenvalue weighted by Crippen LogP contribution is 2.53. The van der Waals surface area contributed by atoms with Crippen molar-refractivity contribution in [3.63, 3.8) is 0 Å².